The van der Waals surface area contributed by atoms with Crippen LogP contribution in [-0.2, 0) is 4.79 Å². The van der Waals surface area contributed by atoms with Crippen LogP contribution < -0.4 is 5.32 Å². The van der Waals surface area contributed by atoms with Gasteiger partial charge < -0.3 is 10.4 Å². The van der Waals surface area contributed by atoms with Crippen LogP contribution in [0.4, 0.5) is 0 Å². The van der Waals surface area contributed by atoms with Crippen LogP contribution in [-0.4, -0.2) is 33.3 Å². The largest absolute Gasteiger partial charge is 0.481 e. The fourth-order valence-corrected chi connectivity index (χ4v) is 2.66. The van der Waals surface area contributed by atoms with Crippen molar-refractivity contribution < 1.29 is 14.7 Å². The molecule has 0 aliphatic heterocycles. The zero-order valence-corrected chi connectivity index (χ0v) is 11.7. The SMILES string of the molecule is CC(CNC(=O)c1ccnn1C1CCCC1)CC(=O)O. The summed E-state index contributed by atoms with van der Waals surface area (Å²) in [5, 5.41) is 15.7. The van der Waals surface area contributed by atoms with Crippen molar-refractivity contribution in [1.82, 2.24) is 15.1 Å². The van der Waals surface area contributed by atoms with Crippen LogP contribution in [0.5, 0.6) is 0 Å². The molecule has 6 nitrogen and oxygen atoms in total. The van der Waals surface area contributed by atoms with Crippen molar-refractivity contribution in [2.45, 2.75) is 45.1 Å². The Balaban J connectivity index is 1.92. The molecule has 1 saturated carbocycles. The molecule has 0 radical (unpaired) electrons. The van der Waals surface area contributed by atoms with E-state index in [1.54, 1.807) is 12.3 Å². The lowest BCUT2D eigenvalue weighted by molar-refractivity contribution is -0.137. The van der Waals surface area contributed by atoms with Gasteiger partial charge in [0.05, 0.1) is 6.04 Å². The predicted molar refractivity (Wildman–Crippen MR) is 73.5 cm³/mol. The van der Waals surface area contributed by atoms with Crippen molar-refractivity contribution in [2.24, 2.45) is 5.92 Å². The van der Waals surface area contributed by atoms with Crippen molar-refractivity contribution in [3.63, 3.8) is 0 Å². The van der Waals surface area contributed by atoms with Gasteiger partial charge in [0.25, 0.3) is 5.91 Å². The quantitative estimate of drug-likeness (QED) is 0.832. The lowest BCUT2D eigenvalue weighted by atomic mass is 10.1. The van der Waals surface area contributed by atoms with E-state index in [9.17, 15) is 9.59 Å². The smallest absolute Gasteiger partial charge is 0.303 e. The van der Waals surface area contributed by atoms with Gasteiger partial charge in [-0.3, -0.25) is 14.3 Å². The van der Waals surface area contributed by atoms with Crippen LogP contribution >= 0.6 is 0 Å². The van der Waals surface area contributed by atoms with E-state index in [4.69, 9.17) is 5.11 Å². The number of aliphatic carboxylic acids is 1. The maximum atomic E-state index is 12.2. The van der Waals surface area contributed by atoms with Gasteiger partial charge in [0.2, 0.25) is 0 Å². The number of hydrogen-bond donors (Lipinski definition) is 2. The van der Waals surface area contributed by atoms with Gasteiger partial charge in [0.1, 0.15) is 5.69 Å². The van der Waals surface area contributed by atoms with E-state index in [0.717, 1.165) is 12.8 Å². The third kappa shape index (κ3) is 3.59. The van der Waals surface area contributed by atoms with Crippen LogP contribution in [0.3, 0.4) is 0 Å². The molecule has 0 spiro atoms. The van der Waals surface area contributed by atoms with Crippen molar-refractivity contribution in [3.8, 4) is 0 Å². The van der Waals surface area contributed by atoms with Crippen LogP contribution in [0, 0.1) is 5.92 Å². The van der Waals surface area contributed by atoms with Gasteiger partial charge >= 0.3 is 5.97 Å². The fourth-order valence-electron chi connectivity index (χ4n) is 2.66. The molecule has 1 aliphatic carbocycles. The van der Waals surface area contributed by atoms with E-state index >= 15 is 0 Å². The number of carboxylic acids is 1. The molecule has 1 heterocycles. The van der Waals surface area contributed by atoms with E-state index in [-0.39, 0.29) is 18.2 Å². The molecule has 1 aromatic heterocycles. The summed E-state index contributed by atoms with van der Waals surface area (Å²) in [5.41, 5.74) is 0.569. The number of nitrogens with zero attached hydrogens (tertiary/aromatic N) is 2. The van der Waals surface area contributed by atoms with E-state index in [0.29, 0.717) is 18.3 Å². The molecule has 1 aliphatic rings. The highest BCUT2D eigenvalue weighted by molar-refractivity contribution is 5.92. The molecule has 1 fully saturated rings. The molecule has 1 aromatic rings. The second-order valence-electron chi connectivity index (χ2n) is 5.51. The van der Waals surface area contributed by atoms with Crippen molar-refractivity contribution >= 4 is 11.9 Å². The first-order valence-electron chi connectivity index (χ1n) is 7.11. The van der Waals surface area contributed by atoms with Gasteiger partial charge in [0, 0.05) is 19.2 Å². The number of carbonyl (C=O) groups is 2. The molecule has 2 N–H and O–H groups in total. The van der Waals surface area contributed by atoms with Gasteiger partial charge in [-0.2, -0.15) is 5.10 Å². The average molecular weight is 279 g/mol. The zero-order valence-electron chi connectivity index (χ0n) is 11.7. The van der Waals surface area contributed by atoms with Gasteiger partial charge in [-0.05, 0) is 24.8 Å². The number of hydrogen-bond acceptors (Lipinski definition) is 3. The summed E-state index contributed by atoms with van der Waals surface area (Å²) in [5.74, 6) is -1.10. The molecule has 1 amide bonds. The maximum absolute atomic E-state index is 12.2. The number of carboxylic acid groups (broad SMARTS) is 1. The Morgan fingerprint density at radius 3 is 2.85 bits per heavy atom. The number of carbonyl (C=O) groups excluding carboxylic acids is 1. The van der Waals surface area contributed by atoms with Crippen molar-refractivity contribution in [1.29, 1.82) is 0 Å². The third-order valence-corrected chi connectivity index (χ3v) is 3.71. The molecule has 6 heteroatoms. The minimum atomic E-state index is -0.845. The number of amides is 1. The molecule has 20 heavy (non-hydrogen) atoms. The fraction of sp³-hybridized carbons (Fsp3) is 0.643. The monoisotopic (exact) mass is 279 g/mol. The molecule has 1 atom stereocenters. The number of aromatic nitrogens is 2. The summed E-state index contributed by atoms with van der Waals surface area (Å²) in [7, 11) is 0. The number of nitrogens with one attached hydrogen (secondary N) is 1. The lowest BCUT2D eigenvalue weighted by Crippen LogP contribution is -2.31. The van der Waals surface area contributed by atoms with Crippen molar-refractivity contribution in [3.05, 3.63) is 18.0 Å². The summed E-state index contributed by atoms with van der Waals surface area (Å²) < 4.78 is 1.81. The Morgan fingerprint density at radius 2 is 2.20 bits per heavy atom. The summed E-state index contributed by atoms with van der Waals surface area (Å²) >= 11 is 0. The standard InChI is InChI=1S/C14H21N3O3/c1-10(8-13(18)19)9-15-14(20)12-6-7-16-17(12)11-4-2-3-5-11/h6-7,10-11H,2-5,8-9H2,1H3,(H,15,20)(H,18,19). The summed E-state index contributed by atoms with van der Waals surface area (Å²) in [4.78, 5) is 22.7. The third-order valence-electron chi connectivity index (χ3n) is 3.71. The Bertz CT molecular complexity index is 478. The van der Waals surface area contributed by atoms with E-state index in [2.05, 4.69) is 10.4 Å². The van der Waals surface area contributed by atoms with Crippen LogP contribution in [0.2, 0.25) is 0 Å². The highest BCUT2D eigenvalue weighted by atomic mass is 16.4. The molecule has 0 aromatic carbocycles. The van der Waals surface area contributed by atoms with E-state index in [1.165, 1.54) is 12.8 Å². The van der Waals surface area contributed by atoms with E-state index in [1.807, 2.05) is 11.6 Å². The van der Waals surface area contributed by atoms with E-state index < -0.39 is 5.97 Å². The van der Waals surface area contributed by atoms with Gasteiger partial charge in [-0.25, -0.2) is 0 Å². The Kier molecular flexibility index (Phi) is 4.76. The first-order chi connectivity index (χ1) is 9.58. The molecule has 1 unspecified atom stereocenters. The minimum Gasteiger partial charge on any atom is -0.481 e. The first kappa shape index (κ1) is 14.6. The summed E-state index contributed by atoms with van der Waals surface area (Å²) in [6.45, 7) is 2.17. The first-order valence-corrected chi connectivity index (χ1v) is 7.11. The highest BCUT2D eigenvalue weighted by Crippen LogP contribution is 2.29. The van der Waals surface area contributed by atoms with Crippen LogP contribution in [0.1, 0.15) is 55.6 Å². The highest BCUT2D eigenvalue weighted by Gasteiger charge is 2.22. The van der Waals surface area contributed by atoms with Gasteiger partial charge in [-0.15, -0.1) is 0 Å². The molecule has 110 valence electrons. The normalized spacial score (nSPS) is 17.1. The Labute approximate surface area is 118 Å². The summed E-state index contributed by atoms with van der Waals surface area (Å²) in [6.07, 6.45) is 6.20. The van der Waals surface area contributed by atoms with Crippen molar-refractivity contribution in [2.75, 3.05) is 6.54 Å². The predicted octanol–water partition coefficient (Wildman–Crippen LogP) is 1.84. The molecular weight excluding hydrogens is 258 g/mol. The maximum Gasteiger partial charge on any atom is 0.303 e. The van der Waals surface area contributed by atoms with Crippen LogP contribution in [0.15, 0.2) is 12.3 Å². The lowest BCUT2D eigenvalue weighted by Gasteiger charge is -2.15. The average Bonchev–Trinajstić information content (AvgIpc) is 3.04. The number of rotatable bonds is 6. The molecule has 0 bridgehead atoms. The van der Waals surface area contributed by atoms with Gasteiger partial charge in [0.15, 0.2) is 0 Å². The molecule has 0 saturated heterocycles. The van der Waals surface area contributed by atoms with Gasteiger partial charge in [-0.1, -0.05) is 19.8 Å². The Morgan fingerprint density at radius 1 is 1.50 bits per heavy atom. The Hall–Kier alpha value is -1.85. The molecule has 2 rings (SSSR count). The second kappa shape index (κ2) is 6.54. The minimum absolute atomic E-state index is 0.0577. The second-order valence-corrected chi connectivity index (χ2v) is 5.51. The van der Waals surface area contributed by atoms with Crippen LogP contribution in [0.25, 0.3) is 0 Å². The zero-order chi connectivity index (χ0) is 14.5. The topological polar surface area (TPSA) is 84.2 Å². The summed E-state index contributed by atoms with van der Waals surface area (Å²) in [6, 6.07) is 2.04. The molecular formula is C14H21N3O3.